The Bertz CT molecular complexity index is 471. The fraction of sp³-hybridized carbons (Fsp3) is 0.438. The van der Waals surface area contributed by atoms with E-state index in [-0.39, 0.29) is 0 Å². The Balaban J connectivity index is 2.07. The summed E-state index contributed by atoms with van der Waals surface area (Å²) in [6, 6.07) is 5.86. The van der Waals surface area contributed by atoms with Crippen LogP contribution >= 0.6 is 0 Å². The third-order valence-electron chi connectivity index (χ3n) is 3.52. The molecule has 3 heteroatoms. The number of aliphatic carboxylic acids is 1. The quantitative estimate of drug-likeness (QED) is 0.822. The average Bonchev–Trinajstić information content (AvgIpc) is 2.88. The van der Waals surface area contributed by atoms with Crippen LogP contribution in [0.15, 0.2) is 24.3 Å². The fourth-order valence-electron chi connectivity index (χ4n) is 2.48. The SMILES string of the molecule is Cc1ccc(OCC2CCCC2)c(C=CC(=O)O)c1. The van der Waals surface area contributed by atoms with Crippen LogP contribution < -0.4 is 4.74 Å². The first-order valence-corrected chi connectivity index (χ1v) is 6.79. The minimum atomic E-state index is -0.941. The number of hydrogen-bond acceptors (Lipinski definition) is 2. The van der Waals surface area contributed by atoms with Crippen LogP contribution in [0, 0.1) is 12.8 Å². The number of carboxylic acid groups (broad SMARTS) is 1. The van der Waals surface area contributed by atoms with Crippen molar-refractivity contribution in [1.29, 1.82) is 0 Å². The predicted octanol–water partition coefficient (Wildman–Crippen LogP) is 3.66. The van der Waals surface area contributed by atoms with Gasteiger partial charge >= 0.3 is 5.97 Å². The Labute approximate surface area is 113 Å². The second-order valence-corrected chi connectivity index (χ2v) is 5.17. The lowest BCUT2D eigenvalue weighted by Gasteiger charge is -2.13. The van der Waals surface area contributed by atoms with Gasteiger partial charge in [0.1, 0.15) is 5.75 Å². The smallest absolute Gasteiger partial charge is 0.328 e. The Morgan fingerprint density at radius 3 is 2.84 bits per heavy atom. The highest BCUT2D eigenvalue weighted by Gasteiger charge is 2.16. The van der Waals surface area contributed by atoms with Crippen molar-refractivity contribution in [3.63, 3.8) is 0 Å². The van der Waals surface area contributed by atoms with E-state index in [0.29, 0.717) is 5.92 Å². The molecule has 19 heavy (non-hydrogen) atoms. The average molecular weight is 260 g/mol. The van der Waals surface area contributed by atoms with E-state index in [1.807, 2.05) is 25.1 Å². The van der Waals surface area contributed by atoms with Crippen LogP contribution in [0.4, 0.5) is 0 Å². The predicted molar refractivity (Wildman–Crippen MR) is 75.3 cm³/mol. The highest BCUT2D eigenvalue weighted by atomic mass is 16.5. The summed E-state index contributed by atoms with van der Waals surface area (Å²) in [5.74, 6) is 0.482. The van der Waals surface area contributed by atoms with Gasteiger partial charge in [-0.3, -0.25) is 0 Å². The maximum absolute atomic E-state index is 10.6. The molecule has 1 fully saturated rings. The highest BCUT2D eigenvalue weighted by molar-refractivity contribution is 5.85. The number of carbonyl (C=O) groups is 1. The molecule has 0 spiro atoms. The molecule has 2 rings (SSSR count). The highest BCUT2D eigenvalue weighted by Crippen LogP contribution is 2.27. The number of ether oxygens (including phenoxy) is 1. The van der Waals surface area contributed by atoms with Crippen molar-refractivity contribution >= 4 is 12.0 Å². The van der Waals surface area contributed by atoms with E-state index in [0.717, 1.165) is 29.6 Å². The van der Waals surface area contributed by atoms with Gasteiger partial charge in [-0.25, -0.2) is 4.79 Å². The number of aryl methyl sites for hydroxylation is 1. The van der Waals surface area contributed by atoms with Gasteiger partial charge < -0.3 is 9.84 Å². The van der Waals surface area contributed by atoms with E-state index in [1.54, 1.807) is 6.08 Å². The maximum atomic E-state index is 10.6. The molecule has 0 unspecified atom stereocenters. The number of hydrogen-bond donors (Lipinski definition) is 1. The molecule has 0 bridgehead atoms. The molecule has 0 aromatic heterocycles. The largest absolute Gasteiger partial charge is 0.493 e. The lowest BCUT2D eigenvalue weighted by atomic mass is 10.1. The Hall–Kier alpha value is -1.77. The molecule has 1 aliphatic rings. The number of carboxylic acids is 1. The van der Waals surface area contributed by atoms with Gasteiger partial charge in [0.05, 0.1) is 6.61 Å². The van der Waals surface area contributed by atoms with Gasteiger partial charge in [-0.1, -0.05) is 24.5 Å². The lowest BCUT2D eigenvalue weighted by molar-refractivity contribution is -0.131. The van der Waals surface area contributed by atoms with Crippen molar-refractivity contribution in [2.24, 2.45) is 5.92 Å². The van der Waals surface area contributed by atoms with Gasteiger partial charge in [0, 0.05) is 11.6 Å². The zero-order chi connectivity index (χ0) is 13.7. The van der Waals surface area contributed by atoms with E-state index in [1.165, 1.54) is 25.7 Å². The number of benzene rings is 1. The maximum Gasteiger partial charge on any atom is 0.328 e. The summed E-state index contributed by atoms with van der Waals surface area (Å²) in [6.45, 7) is 2.72. The number of rotatable bonds is 5. The van der Waals surface area contributed by atoms with Crippen LogP contribution in [0.2, 0.25) is 0 Å². The second kappa shape index (κ2) is 6.41. The standard InChI is InChI=1S/C16H20O3/c1-12-6-8-15(14(10-12)7-9-16(17)18)19-11-13-4-2-3-5-13/h6-10,13H,2-5,11H2,1H3,(H,17,18). The molecular formula is C16H20O3. The van der Waals surface area contributed by atoms with E-state index in [4.69, 9.17) is 9.84 Å². The van der Waals surface area contributed by atoms with Crippen LogP contribution in [-0.4, -0.2) is 17.7 Å². The molecule has 0 saturated heterocycles. The minimum Gasteiger partial charge on any atom is -0.493 e. The molecule has 3 nitrogen and oxygen atoms in total. The summed E-state index contributed by atoms with van der Waals surface area (Å²) in [5.41, 5.74) is 1.93. The van der Waals surface area contributed by atoms with Crippen LogP contribution in [-0.2, 0) is 4.79 Å². The van der Waals surface area contributed by atoms with Gasteiger partial charge in [0.25, 0.3) is 0 Å². The topological polar surface area (TPSA) is 46.5 Å². The molecule has 0 heterocycles. The molecule has 1 N–H and O–H groups in total. The molecule has 0 aliphatic heterocycles. The second-order valence-electron chi connectivity index (χ2n) is 5.17. The van der Waals surface area contributed by atoms with E-state index in [2.05, 4.69) is 0 Å². The van der Waals surface area contributed by atoms with Gasteiger partial charge in [0.2, 0.25) is 0 Å². The van der Waals surface area contributed by atoms with Crippen LogP contribution in [0.5, 0.6) is 5.75 Å². The van der Waals surface area contributed by atoms with Crippen LogP contribution in [0.3, 0.4) is 0 Å². The third kappa shape index (κ3) is 4.12. The first kappa shape index (κ1) is 13.7. The first-order chi connectivity index (χ1) is 9.15. The Morgan fingerprint density at radius 2 is 2.16 bits per heavy atom. The Kier molecular flexibility index (Phi) is 4.61. The normalized spacial score (nSPS) is 16.1. The molecule has 102 valence electrons. The van der Waals surface area contributed by atoms with Crippen molar-refractivity contribution in [3.8, 4) is 5.75 Å². The van der Waals surface area contributed by atoms with Gasteiger partial charge in [-0.15, -0.1) is 0 Å². The van der Waals surface area contributed by atoms with Gasteiger partial charge in [-0.2, -0.15) is 0 Å². The lowest BCUT2D eigenvalue weighted by Crippen LogP contribution is -2.08. The zero-order valence-corrected chi connectivity index (χ0v) is 11.3. The van der Waals surface area contributed by atoms with Crippen molar-refractivity contribution in [1.82, 2.24) is 0 Å². The molecule has 1 saturated carbocycles. The molecule has 1 aromatic rings. The minimum absolute atomic E-state index is 0.651. The summed E-state index contributed by atoms with van der Waals surface area (Å²) in [4.78, 5) is 10.6. The van der Waals surface area contributed by atoms with Crippen LogP contribution in [0.1, 0.15) is 36.8 Å². The van der Waals surface area contributed by atoms with Crippen molar-refractivity contribution < 1.29 is 14.6 Å². The summed E-state index contributed by atoms with van der Waals surface area (Å²) in [7, 11) is 0. The fourth-order valence-corrected chi connectivity index (χ4v) is 2.48. The molecule has 1 aromatic carbocycles. The molecule has 0 radical (unpaired) electrons. The summed E-state index contributed by atoms with van der Waals surface area (Å²) < 4.78 is 5.86. The van der Waals surface area contributed by atoms with Gasteiger partial charge in [-0.05, 0) is 43.9 Å². The monoisotopic (exact) mass is 260 g/mol. The van der Waals surface area contributed by atoms with Crippen molar-refractivity contribution in [2.75, 3.05) is 6.61 Å². The first-order valence-electron chi connectivity index (χ1n) is 6.79. The van der Waals surface area contributed by atoms with Crippen molar-refractivity contribution in [2.45, 2.75) is 32.6 Å². The van der Waals surface area contributed by atoms with E-state index in [9.17, 15) is 4.79 Å². The van der Waals surface area contributed by atoms with Crippen LogP contribution in [0.25, 0.3) is 6.08 Å². The summed E-state index contributed by atoms with van der Waals surface area (Å²) in [6.07, 6.45) is 7.83. The van der Waals surface area contributed by atoms with Crippen molar-refractivity contribution in [3.05, 3.63) is 35.4 Å². The summed E-state index contributed by atoms with van der Waals surface area (Å²) >= 11 is 0. The van der Waals surface area contributed by atoms with E-state index >= 15 is 0 Å². The molecule has 0 amide bonds. The van der Waals surface area contributed by atoms with E-state index < -0.39 is 5.97 Å². The summed E-state index contributed by atoms with van der Waals surface area (Å²) in [5, 5.41) is 8.71. The van der Waals surface area contributed by atoms with Gasteiger partial charge in [0.15, 0.2) is 0 Å². The third-order valence-corrected chi connectivity index (χ3v) is 3.52. The zero-order valence-electron chi connectivity index (χ0n) is 11.3. The molecular weight excluding hydrogens is 240 g/mol. The molecule has 1 aliphatic carbocycles. The Morgan fingerprint density at radius 1 is 1.42 bits per heavy atom. The molecule has 0 atom stereocenters.